The molecule has 0 spiro atoms. The van der Waals surface area contributed by atoms with Crippen molar-refractivity contribution >= 4 is 63.5 Å². The topological polar surface area (TPSA) is 66.9 Å². The van der Waals surface area contributed by atoms with Gasteiger partial charge in [0.2, 0.25) is 5.13 Å². The molecule has 3 aromatic rings. The lowest BCUT2D eigenvalue weighted by atomic mass is 10.2. The Morgan fingerprint density at radius 1 is 0.960 bits per heavy atom. The Balaban J connectivity index is 1.60. The van der Waals surface area contributed by atoms with Crippen molar-refractivity contribution in [2.45, 2.75) is 0 Å². The molecule has 0 bridgehead atoms. The Morgan fingerprint density at radius 2 is 1.76 bits per heavy atom. The van der Waals surface area contributed by atoms with Gasteiger partial charge >= 0.3 is 6.03 Å². The number of nitrogens with zero attached hydrogens (tertiary/aromatic N) is 2. The Kier molecular flexibility index (Phi) is 5.65. The van der Waals surface area contributed by atoms with Crippen LogP contribution >= 0.6 is 34.5 Å². The lowest BCUT2D eigenvalue weighted by molar-refractivity contribution is 0.262. The lowest BCUT2D eigenvalue weighted by Crippen LogP contribution is -2.19. The maximum Gasteiger partial charge on any atom is 0.325 e. The molecule has 0 atom stereocenters. The third-order valence-electron chi connectivity index (χ3n) is 3.06. The van der Waals surface area contributed by atoms with Gasteiger partial charge in [0.15, 0.2) is 0 Å². The summed E-state index contributed by atoms with van der Waals surface area (Å²) >= 11 is 13.0. The number of anilines is 2. The van der Waals surface area contributed by atoms with Crippen LogP contribution in [0.5, 0.6) is 0 Å². The predicted molar refractivity (Wildman–Crippen MR) is 104 cm³/mol. The van der Waals surface area contributed by atoms with E-state index in [4.69, 9.17) is 23.2 Å². The number of rotatable bonds is 4. The zero-order valence-electron chi connectivity index (χ0n) is 12.7. The number of urea groups is 1. The van der Waals surface area contributed by atoms with E-state index in [1.54, 1.807) is 18.2 Å². The largest absolute Gasteiger partial charge is 0.325 e. The fraction of sp³-hybridized carbons (Fsp3) is 0. The molecular weight excluding hydrogens is 379 g/mol. The van der Waals surface area contributed by atoms with Gasteiger partial charge in [-0.2, -0.15) is 0 Å². The molecule has 3 rings (SSSR count). The van der Waals surface area contributed by atoms with Crippen molar-refractivity contribution in [2.24, 2.45) is 0 Å². The van der Waals surface area contributed by atoms with Gasteiger partial charge in [0.1, 0.15) is 5.01 Å². The van der Waals surface area contributed by atoms with Crippen LogP contribution < -0.4 is 10.6 Å². The molecule has 0 aliphatic rings. The van der Waals surface area contributed by atoms with Crippen LogP contribution in [0.2, 0.25) is 10.0 Å². The minimum absolute atomic E-state index is 0.365. The van der Waals surface area contributed by atoms with Crippen molar-refractivity contribution in [1.29, 1.82) is 0 Å². The summed E-state index contributed by atoms with van der Waals surface area (Å²) in [7, 11) is 0. The fourth-order valence-electron chi connectivity index (χ4n) is 1.92. The second-order valence-electron chi connectivity index (χ2n) is 4.90. The average molecular weight is 391 g/mol. The van der Waals surface area contributed by atoms with Gasteiger partial charge < -0.3 is 5.32 Å². The van der Waals surface area contributed by atoms with E-state index in [0.717, 1.165) is 5.56 Å². The van der Waals surface area contributed by atoms with Crippen LogP contribution in [-0.4, -0.2) is 16.2 Å². The van der Waals surface area contributed by atoms with E-state index in [-0.39, 0.29) is 0 Å². The first kappa shape index (κ1) is 17.4. The molecule has 0 saturated carbocycles. The van der Waals surface area contributed by atoms with E-state index in [9.17, 15) is 4.79 Å². The monoisotopic (exact) mass is 390 g/mol. The van der Waals surface area contributed by atoms with Crippen LogP contribution in [0, 0.1) is 0 Å². The molecule has 2 aromatic carbocycles. The molecule has 2 amide bonds. The third kappa shape index (κ3) is 5.03. The van der Waals surface area contributed by atoms with Crippen LogP contribution in [-0.2, 0) is 0 Å². The molecule has 5 nitrogen and oxygen atoms in total. The highest BCUT2D eigenvalue weighted by atomic mass is 35.5. The van der Waals surface area contributed by atoms with Gasteiger partial charge in [0, 0.05) is 5.69 Å². The molecule has 2 N–H and O–H groups in total. The van der Waals surface area contributed by atoms with E-state index in [1.165, 1.54) is 11.3 Å². The number of carbonyl (C=O) groups is 1. The highest BCUT2D eigenvalue weighted by Gasteiger charge is 2.08. The molecule has 0 radical (unpaired) electrons. The van der Waals surface area contributed by atoms with Gasteiger partial charge in [0.25, 0.3) is 0 Å². The Hall–Kier alpha value is -2.41. The van der Waals surface area contributed by atoms with Gasteiger partial charge in [-0.1, -0.05) is 70.9 Å². The van der Waals surface area contributed by atoms with Gasteiger partial charge in [-0.3, -0.25) is 5.32 Å². The van der Waals surface area contributed by atoms with Gasteiger partial charge in [-0.25, -0.2) is 4.79 Å². The highest BCUT2D eigenvalue weighted by molar-refractivity contribution is 7.16. The van der Waals surface area contributed by atoms with E-state index in [1.807, 2.05) is 42.5 Å². The quantitative estimate of drug-likeness (QED) is 0.603. The average Bonchev–Trinajstić information content (AvgIpc) is 3.04. The number of hydrogen-bond donors (Lipinski definition) is 2. The zero-order chi connectivity index (χ0) is 17.6. The van der Waals surface area contributed by atoms with Crippen molar-refractivity contribution in [2.75, 3.05) is 10.6 Å². The number of amides is 2. The maximum atomic E-state index is 12.0. The van der Waals surface area contributed by atoms with Crippen LogP contribution in [0.15, 0.2) is 48.5 Å². The summed E-state index contributed by atoms with van der Waals surface area (Å²) in [6.07, 6.45) is 3.77. The normalized spacial score (nSPS) is 10.8. The summed E-state index contributed by atoms with van der Waals surface area (Å²) in [6.45, 7) is 0. The highest BCUT2D eigenvalue weighted by Crippen LogP contribution is 2.25. The molecule has 1 heterocycles. The molecule has 0 aliphatic heterocycles. The molecule has 0 unspecified atom stereocenters. The molecular formula is C17H12Cl2N4OS. The summed E-state index contributed by atoms with van der Waals surface area (Å²) in [4.78, 5) is 12.0. The summed E-state index contributed by atoms with van der Waals surface area (Å²) < 4.78 is 0. The van der Waals surface area contributed by atoms with Crippen LogP contribution in [0.1, 0.15) is 10.6 Å². The van der Waals surface area contributed by atoms with Crippen molar-refractivity contribution in [1.82, 2.24) is 10.2 Å². The lowest BCUT2D eigenvalue weighted by Gasteiger charge is -2.05. The zero-order valence-corrected chi connectivity index (χ0v) is 15.1. The summed E-state index contributed by atoms with van der Waals surface area (Å²) in [5, 5.41) is 15.1. The Morgan fingerprint density at radius 3 is 2.52 bits per heavy atom. The predicted octanol–water partition coefficient (Wildman–Crippen LogP) is 5.66. The molecule has 0 saturated heterocycles. The maximum absolute atomic E-state index is 12.0. The van der Waals surface area contributed by atoms with Gasteiger partial charge in [0.05, 0.1) is 10.0 Å². The molecule has 8 heteroatoms. The second-order valence-corrected chi connectivity index (χ2v) is 6.72. The van der Waals surface area contributed by atoms with Gasteiger partial charge in [-0.15, -0.1) is 10.2 Å². The van der Waals surface area contributed by atoms with Crippen LogP contribution in [0.4, 0.5) is 15.6 Å². The molecule has 126 valence electrons. The van der Waals surface area contributed by atoms with Crippen molar-refractivity contribution in [3.63, 3.8) is 0 Å². The minimum Gasteiger partial charge on any atom is -0.308 e. The van der Waals surface area contributed by atoms with Crippen molar-refractivity contribution < 1.29 is 4.79 Å². The van der Waals surface area contributed by atoms with Gasteiger partial charge in [-0.05, 0) is 29.8 Å². The van der Waals surface area contributed by atoms with E-state index < -0.39 is 6.03 Å². The van der Waals surface area contributed by atoms with E-state index in [0.29, 0.717) is 25.9 Å². The molecule has 1 aromatic heterocycles. The minimum atomic E-state index is -0.437. The number of nitrogens with one attached hydrogen (secondary N) is 2. The third-order valence-corrected chi connectivity index (χ3v) is 4.60. The van der Waals surface area contributed by atoms with Crippen molar-refractivity contribution in [3.8, 4) is 0 Å². The first-order valence-electron chi connectivity index (χ1n) is 7.20. The van der Waals surface area contributed by atoms with E-state index >= 15 is 0 Å². The molecule has 0 aliphatic carbocycles. The number of carbonyl (C=O) groups excluding carboxylic acids is 1. The molecule has 0 fully saturated rings. The Labute approximate surface area is 158 Å². The second kappa shape index (κ2) is 8.11. The number of aromatic nitrogens is 2. The summed E-state index contributed by atoms with van der Waals surface area (Å²) in [5.41, 5.74) is 1.59. The first-order chi connectivity index (χ1) is 12.1. The number of halogens is 2. The molecule has 25 heavy (non-hydrogen) atoms. The number of benzene rings is 2. The SMILES string of the molecule is O=C(Nc1ccc(Cl)c(Cl)c1)Nc1nnc(C=Cc2ccccc2)s1. The van der Waals surface area contributed by atoms with Crippen molar-refractivity contribution in [3.05, 3.63) is 69.1 Å². The van der Waals surface area contributed by atoms with Crippen LogP contribution in [0.3, 0.4) is 0 Å². The summed E-state index contributed by atoms with van der Waals surface area (Å²) in [6, 6.07) is 14.2. The summed E-state index contributed by atoms with van der Waals surface area (Å²) in [5.74, 6) is 0. The number of hydrogen-bond acceptors (Lipinski definition) is 4. The van der Waals surface area contributed by atoms with E-state index in [2.05, 4.69) is 20.8 Å². The fourth-order valence-corrected chi connectivity index (χ4v) is 2.86. The Bertz CT molecular complexity index is 912. The first-order valence-corrected chi connectivity index (χ1v) is 8.77. The van der Waals surface area contributed by atoms with Crippen LogP contribution in [0.25, 0.3) is 12.2 Å². The standard InChI is InChI=1S/C17H12Cl2N4OS/c18-13-8-7-12(10-14(13)19)20-16(24)21-17-23-22-15(25-17)9-6-11-4-2-1-3-5-11/h1-10H,(H2,20,21,23,24). The smallest absolute Gasteiger partial charge is 0.308 e.